The molecule has 0 atom stereocenters. The van der Waals surface area contributed by atoms with Gasteiger partial charge in [0, 0.05) is 21.1 Å². The minimum atomic E-state index is 0.788. The number of nitrogens with one attached hydrogen (secondary N) is 1. The van der Waals surface area contributed by atoms with Gasteiger partial charge in [-0.3, -0.25) is 0 Å². The van der Waals surface area contributed by atoms with Crippen molar-refractivity contribution < 1.29 is 0 Å². The van der Waals surface area contributed by atoms with Crippen molar-refractivity contribution in [3.8, 4) is 11.1 Å². The second-order valence-corrected chi connectivity index (χ2v) is 8.01. The highest BCUT2D eigenvalue weighted by Gasteiger charge is 2.18. The van der Waals surface area contributed by atoms with E-state index in [1.165, 1.54) is 16.0 Å². The molecule has 26 heavy (non-hydrogen) atoms. The number of aromatic nitrogens is 3. The zero-order valence-corrected chi connectivity index (χ0v) is 16.9. The van der Waals surface area contributed by atoms with E-state index >= 15 is 0 Å². The molecule has 0 saturated carbocycles. The van der Waals surface area contributed by atoms with Gasteiger partial charge in [0.05, 0.1) is 5.39 Å². The molecule has 130 valence electrons. The van der Waals surface area contributed by atoms with Crippen molar-refractivity contribution in [2.45, 2.75) is 20.3 Å². The number of aryl methyl sites for hydroxylation is 2. The lowest BCUT2D eigenvalue weighted by atomic mass is 10.0. The largest absolute Gasteiger partial charge is 0.324 e. The third kappa shape index (κ3) is 3.22. The zero-order valence-electron chi connectivity index (χ0n) is 14.5. The third-order valence-corrected chi connectivity index (χ3v) is 5.95. The number of hydrogen-bond acceptors (Lipinski definition) is 5. The van der Waals surface area contributed by atoms with Gasteiger partial charge in [0.25, 0.3) is 0 Å². The average molecular weight is 425 g/mol. The van der Waals surface area contributed by atoms with Crippen LogP contribution in [0, 0.1) is 6.92 Å². The lowest BCUT2D eigenvalue weighted by Gasteiger charge is -2.09. The molecule has 0 unspecified atom stereocenters. The topological polar surface area (TPSA) is 50.7 Å². The fourth-order valence-electron chi connectivity index (χ4n) is 2.97. The van der Waals surface area contributed by atoms with Crippen molar-refractivity contribution in [2.24, 2.45) is 0 Å². The predicted molar refractivity (Wildman–Crippen MR) is 112 cm³/mol. The molecule has 0 radical (unpaired) electrons. The van der Waals surface area contributed by atoms with E-state index in [4.69, 9.17) is 0 Å². The summed E-state index contributed by atoms with van der Waals surface area (Å²) >= 11 is 5.24. The Morgan fingerprint density at radius 1 is 1.08 bits per heavy atom. The van der Waals surface area contributed by atoms with E-state index in [2.05, 4.69) is 74.3 Å². The summed E-state index contributed by atoms with van der Waals surface area (Å²) in [6.45, 7) is 4.23. The highest BCUT2D eigenvalue weighted by Crippen LogP contribution is 2.41. The van der Waals surface area contributed by atoms with Crippen LogP contribution in [0.4, 0.5) is 11.6 Å². The molecule has 1 N–H and O–H groups in total. The van der Waals surface area contributed by atoms with Gasteiger partial charge in [-0.1, -0.05) is 35.0 Å². The average Bonchev–Trinajstić information content (AvgIpc) is 3.02. The fraction of sp³-hybridized carbons (Fsp3) is 0.150. The van der Waals surface area contributed by atoms with Gasteiger partial charge in [-0.2, -0.15) is 0 Å². The van der Waals surface area contributed by atoms with Crippen LogP contribution in [0.15, 0.2) is 53.4 Å². The SMILES string of the molecule is CCc1sc2ncnc(Nc3cc(C)ccn3)c2c1-c1ccc(Br)cc1. The van der Waals surface area contributed by atoms with Gasteiger partial charge in [0.1, 0.15) is 22.8 Å². The normalized spacial score (nSPS) is 11.0. The first-order valence-corrected chi connectivity index (χ1v) is 9.98. The summed E-state index contributed by atoms with van der Waals surface area (Å²) in [5.41, 5.74) is 3.53. The summed E-state index contributed by atoms with van der Waals surface area (Å²) in [7, 11) is 0. The summed E-state index contributed by atoms with van der Waals surface area (Å²) in [5, 5.41) is 4.44. The Kier molecular flexibility index (Phi) is 4.70. The molecule has 4 rings (SSSR count). The molecule has 3 heterocycles. The Hall–Kier alpha value is -2.31. The Morgan fingerprint density at radius 3 is 2.62 bits per heavy atom. The highest BCUT2D eigenvalue weighted by molar-refractivity contribution is 9.10. The van der Waals surface area contributed by atoms with Gasteiger partial charge in [-0.05, 0) is 48.7 Å². The maximum absolute atomic E-state index is 4.52. The van der Waals surface area contributed by atoms with Crippen molar-refractivity contribution in [3.05, 3.63) is 63.8 Å². The molecule has 1 aromatic carbocycles. The van der Waals surface area contributed by atoms with Crippen LogP contribution in [-0.2, 0) is 6.42 Å². The molecule has 4 nitrogen and oxygen atoms in total. The molecule has 0 aliphatic rings. The van der Waals surface area contributed by atoms with Crippen LogP contribution in [0.3, 0.4) is 0 Å². The molecule has 0 amide bonds. The fourth-order valence-corrected chi connectivity index (χ4v) is 4.34. The summed E-state index contributed by atoms with van der Waals surface area (Å²) in [6.07, 6.45) is 4.37. The zero-order chi connectivity index (χ0) is 18.1. The molecule has 0 aliphatic heterocycles. The van der Waals surface area contributed by atoms with E-state index in [9.17, 15) is 0 Å². The number of hydrogen-bond donors (Lipinski definition) is 1. The van der Waals surface area contributed by atoms with E-state index in [0.717, 1.165) is 38.3 Å². The van der Waals surface area contributed by atoms with Gasteiger partial charge in [0.15, 0.2) is 0 Å². The first kappa shape index (κ1) is 17.1. The number of rotatable bonds is 4. The van der Waals surface area contributed by atoms with E-state index in [1.807, 2.05) is 12.1 Å². The molecule has 0 saturated heterocycles. The summed E-state index contributed by atoms with van der Waals surface area (Å²) in [5.74, 6) is 1.58. The van der Waals surface area contributed by atoms with Crippen LogP contribution < -0.4 is 5.32 Å². The van der Waals surface area contributed by atoms with Gasteiger partial charge < -0.3 is 5.32 Å². The van der Waals surface area contributed by atoms with Crippen LogP contribution in [-0.4, -0.2) is 15.0 Å². The van der Waals surface area contributed by atoms with E-state index in [-0.39, 0.29) is 0 Å². The second-order valence-electron chi connectivity index (χ2n) is 6.01. The maximum atomic E-state index is 4.52. The number of pyridine rings is 1. The lowest BCUT2D eigenvalue weighted by Crippen LogP contribution is -1.98. The number of anilines is 2. The third-order valence-electron chi connectivity index (χ3n) is 4.18. The number of thiophene rings is 1. The smallest absolute Gasteiger partial charge is 0.144 e. The monoisotopic (exact) mass is 424 g/mol. The molecule has 4 aromatic rings. The number of benzene rings is 1. The quantitative estimate of drug-likeness (QED) is 0.427. The van der Waals surface area contributed by atoms with Gasteiger partial charge >= 0.3 is 0 Å². The Morgan fingerprint density at radius 2 is 1.88 bits per heavy atom. The summed E-state index contributed by atoms with van der Waals surface area (Å²) in [4.78, 5) is 15.7. The van der Waals surface area contributed by atoms with Gasteiger partial charge in [0.2, 0.25) is 0 Å². The van der Waals surface area contributed by atoms with Crippen LogP contribution in [0.5, 0.6) is 0 Å². The standard InChI is InChI=1S/C20H17BrN4S/c1-3-15-17(13-4-6-14(21)7-5-13)18-19(23-11-24-20(18)26-15)25-16-10-12(2)8-9-22-16/h4-11H,3H2,1-2H3,(H,22,23,24,25). The molecule has 0 aliphatic carbocycles. The van der Waals surface area contributed by atoms with Gasteiger partial charge in [-0.15, -0.1) is 11.3 Å². The number of halogens is 1. The number of nitrogens with zero attached hydrogens (tertiary/aromatic N) is 3. The Balaban J connectivity index is 1.91. The number of fused-ring (bicyclic) bond motifs is 1. The van der Waals surface area contributed by atoms with Crippen molar-refractivity contribution >= 4 is 49.1 Å². The van der Waals surface area contributed by atoms with Crippen LogP contribution in [0.25, 0.3) is 21.3 Å². The van der Waals surface area contributed by atoms with E-state index in [1.54, 1.807) is 23.9 Å². The van der Waals surface area contributed by atoms with E-state index in [0.29, 0.717) is 0 Å². The van der Waals surface area contributed by atoms with E-state index < -0.39 is 0 Å². The molecular formula is C20H17BrN4S. The van der Waals surface area contributed by atoms with Crippen molar-refractivity contribution in [1.29, 1.82) is 0 Å². The minimum absolute atomic E-state index is 0.788. The maximum Gasteiger partial charge on any atom is 0.144 e. The second kappa shape index (κ2) is 7.13. The van der Waals surface area contributed by atoms with Crippen molar-refractivity contribution in [2.75, 3.05) is 5.32 Å². The Labute approximate surface area is 164 Å². The van der Waals surface area contributed by atoms with Crippen LogP contribution in [0.1, 0.15) is 17.4 Å². The molecule has 3 aromatic heterocycles. The highest BCUT2D eigenvalue weighted by atomic mass is 79.9. The summed E-state index contributed by atoms with van der Waals surface area (Å²) in [6, 6.07) is 12.4. The predicted octanol–water partition coefficient (Wildman–Crippen LogP) is 6.13. The Bertz CT molecular complexity index is 1070. The molecule has 0 fully saturated rings. The first-order valence-electron chi connectivity index (χ1n) is 8.37. The molecular weight excluding hydrogens is 408 g/mol. The molecule has 6 heteroatoms. The van der Waals surface area contributed by atoms with Crippen LogP contribution >= 0.6 is 27.3 Å². The van der Waals surface area contributed by atoms with Crippen molar-refractivity contribution in [3.63, 3.8) is 0 Å². The molecule has 0 spiro atoms. The van der Waals surface area contributed by atoms with Gasteiger partial charge in [-0.25, -0.2) is 15.0 Å². The minimum Gasteiger partial charge on any atom is -0.324 e. The first-order chi connectivity index (χ1) is 12.7. The summed E-state index contributed by atoms with van der Waals surface area (Å²) < 4.78 is 1.07. The van der Waals surface area contributed by atoms with Crippen molar-refractivity contribution in [1.82, 2.24) is 15.0 Å². The van der Waals surface area contributed by atoms with Crippen LogP contribution in [0.2, 0.25) is 0 Å². The lowest BCUT2D eigenvalue weighted by molar-refractivity contribution is 1.19. The molecule has 0 bridgehead atoms.